The first-order valence-electron chi connectivity index (χ1n) is 17.5. The van der Waals surface area contributed by atoms with Crippen molar-refractivity contribution in [1.29, 1.82) is 0 Å². The number of nitrogens with zero attached hydrogens (tertiary/aromatic N) is 4. The molecule has 51 heavy (non-hydrogen) atoms. The lowest BCUT2D eigenvalue weighted by molar-refractivity contribution is 0.955. The molecule has 3 heterocycles. The molecule has 0 atom stereocenters. The molecular weight excluding hydrogens is 621 g/mol. The Balaban J connectivity index is 1.03. The highest BCUT2D eigenvalue weighted by Crippen LogP contribution is 2.39. The van der Waals surface area contributed by atoms with Crippen LogP contribution in [0.2, 0.25) is 0 Å². The summed E-state index contributed by atoms with van der Waals surface area (Å²) in [4.78, 5) is 10.1. The first-order chi connectivity index (χ1) is 25.3. The summed E-state index contributed by atoms with van der Waals surface area (Å²) >= 11 is 0. The maximum atomic E-state index is 5.15. The van der Waals surface area contributed by atoms with Gasteiger partial charge in [-0.15, -0.1) is 0 Å². The minimum Gasteiger partial charge on any atom is -0.309 e. The van der Waals surface area contributed by atoms with E-state index in [0.717, 1.165) is 34.4 Å². The second kappa shape index (κ2) is 10.9. The Morgan fingerprint density at radius 2 is 0.961 bits per heavy atom. The SMILES string of the molecule is c1ccc(-c2ccc(-n3c4ccccc4c4cc(-c5ccc6c(c5)c5ccccc5n6-c5ncc6c(n5)Cc5ccccc5-6)ccc43)cc2)cc1. The molecule has 11 rings (SSSR count). The van der Waals surface area contributed by atoms with Gasteiger partial charge in [0.2, 0.25) is 5.95 Å². The molecule has 0 fully saturated rings. The van der Waals surface area contributed by atoms with Crippen molar-refractivity contribution in [2.75, 3.05) is 0 Å². The van der Waals surface area contributed by atoms with Crippen LogP contribution in [0, 0.1) is 0 Å². The predicted molar refractivity (Wildman–Crippen MR) is 210 cm³/mol. The first kappa shape index (κ1) is 28.1. The molecule has 0 bridgehead atoms. The zero-order valence-corrected chi connectivity index (χ0v) is 27.7. The van der Waals surface area contributed by atoms with Gasteiger partial charge in [0.25, 0.3) is 0 Å². The van der Waals surface area contributed by atoms with Crippen molar-refractivity contribution in [3.8, 4) is 45.0 Å². The number of para-hydroxylation sites is 2. The van der Waals surface area contributed by atoms with Gasteiger partial charge in [0, 0.05) is 45.4 Å². The van der Waals surface area contributed by atoms with Crippen molar-refractivity contribution >= 4 is 43.6 Å². The Bertz CT molecular complexity index is 2980. The van der Waals surface area contributed by atoms with Crippen molar-refractivity contribution in [3.05, 3.63) is 181 Å². The highest BCUT2D eigenvalue weighted by molar-refractivity contribution is 6.12. The van der Waals surface area contributed by atoms with Gasteiger partial charge in [0.1, 0.15) is 0 Å². The molecule has 0 N–H and O–H groups in total. The second-order valence-corrected chi connectivity index (χ2v) is 13.4. The van der Waals surface area contributed by atoms with Gasteiger partial charge >= 0.3 is 0 Å². The van der Waals surface area contributed by atoms with Gasteiger partial charge in [-0.25, -0.2) is 9.97 Å². The Morgan fingerprint density at radius 3 is 1.69 bits per heavy atom. The van der Waals surface area contributed by atoms with E-state index in [9.17, 15) is 0 Å². The monoisotopic (exact) mass is 650 g/mol. The summed E-state index contributed by atoms with van der Waals surface area (Å²) in [6.07, 6.45) is 2.84. The smallest absolute Gasteiger partial charge is 0.234 e. The van der Waals surface area contributed by atoms with Crippen LogP contribution in [0.15, 0.2) is 170 Å². The largest absolute Gasteiger partial charge is 0.309 e. The van der Waals surface area contributed by atoms with Gasteiger partial charge in [-0.3, -0.25) is 4.57 Å². The van der Waals surface area contributed by atoms with E-state index in [1.165, 1.54) is 66.0 Å². The molecule has 0 unspecified atom stereocenters. The molecule has 0 aliphatic heterocycles. The summed E-state index contributed by atoms with van der Waals surface area (Å²) in [6, 6.07) is 59.0. The Labute approximate surface area is 294 Å². The molecule has 1 aliphatic carbocycles. The number of aromatic nitrogens is 4. The van der Waals surface area contributed by atoms with Crippen molar-refractivity contribution < 1.29 is 0 Å². The third-order valence-electron chi connectivity index (χ3n) is 10.6. The summed E-state index contributed by atoms with van der Waals surface area (Å²) in [6.45, 7) is 0. The lowest BCUT2D eigenvalue weighted by Crippen LogP contribution is -2.03. The molecular formula is C47H30N4. The Morgan fingerprint density at radius 1 is 0.412 bits per heavy atom. The third kappa shape index (κ3) is 4.26. The predicted octanol–water partition coefficient (Wildman–Crippen LogP) is 11.6. The summed E-state index contributed by atoms with van der Waals surface area (Å²) in [5.41, 5.74) is 15.4. The Kier molecular flexibility index (Phi) is 5.98. The van der Waals surface area contributed by atoms with Crippen molar-refractivity contribution in [2.24, 2.45) is 0 Å². The van der Waals surface area contributed by atoms with E-state index in [1.54, 1.807) is 0 Å². The highest BCUT2D eigenvalue weighted by Gasteiger charge is 2.22. The van der Waals surface area contributed by atoms with Gasteiger partial charge in [0.15, 0.2) is 0 Å². The van der Waals surface area contributed by atoms with Gasteiger partial charge in [-0.2, -0.15) is 0 Å². The molecule has 7 aromatic carbocycles. The lowest BCUT2D eigenvalue weighted by atomic mass is 10.0. The number of hydrogen-bond donors (Lipinski definition) is 0. The van der Waals surface area contributed by atoms with E-state index in [4.69, 9.17) is 9.97 Å². The molecule has 238 valence electrons. The van der Waals surface area contributed by atoms with Crippen molar-refractivity contribution in [3.63, 3.8) is 0 Å². The van der Waals surface area contributed by atoms with Crippen LogP contribution < -0.4 is 0 Å². The molecule has 10 aromatic rings. The van der Waals surface area contributed by atoms with Gasteiger partial charge in [-0.1, -0.05) is 115 Å². The highest BCUT2D eigenvalue weighted by atomic mass is 15.2. The van der Waals surface area contributed by atoms with Crippen LogP contribution in [-0.4, -0.2) is 19.1 Å². The van der Waals surface area contributed by atoms with Crippen LogP contribution in [0.1, 0.15) is 11.3 Å². The summed E-state index contributed by atoms with van der Waals surface area (Å²) in [5.74, 6) is 0.714. The molecule has 0 saturated heterocycles. The van der Waals surface area contributed by atoms with Crippen LogP contribution in [0.25, 0.3) is 88.6 Å². The lowest BCUT2D eigenvalue weighted by Gasteiger charge is -2.10. The second-order valence-electron chi connectivity index (χ2n) is 13.4. The fraction of sp³-hybridized carbons (Fsp3) is 0.0213. The van der Waals surface area contributed by atoms with E-state index >= 15 is 0 Å². The van der Waals surface area contributed by atoms with E-state index in [1.807, 2.05) is 6.20 Å². The minimum atomic E-state index is 0.714. The molecule has 1 aliphatic rings. The standard InChI is InChI=1S/C47H30N4/c1-2-10-30(11-3-1)31-18-22-35(23-19-31)50-43-16-8-6-14-37(43)39-26-32(20-24-45(39)50)33-21-25-46-40(27-33)38-15-7-9-17-44(38)51(46)47-48-29-41-36-13-5-4-12-34(36)28-42(41)49-47/h1-27,29H,28H2. The van der Waals surface area contributed by atoms with Gasteiger partial charge in [-0.05, 0) is 81.9 Å². The van der Waals surface area contributed by atoms with Gasteiger partial charge < -0.3 is 4.57 Å². The van der Waals surface area contributed by atoms with E-state index < -0.39 is 0 Å². The van der Waals surface area contributed by atoms with Crippen molar-refractivity contribution in [1.82, 2.24) is 19.1 Å². The van der Waals surface area contributed by atoms with Crippen LogP contribution >= 0.6 is 0 Å². The molecule has 0 saturated carbocycles. The summed E-state index contributed by atoms with van der Waals surface area (Å²) in [7, 11) is 0. The molecule has 0 spiro atoms. The number of benzene rings is 7. The molecule has 3 aromatic heterocycles. The van der Waals surface area contributed by atoms with Gasteiger partial charge in [0.05, 0.1) is 27.8 Å². The number of fused-ring (bicyclic) bond motifs is 9. The maximum absolute atomic E-state index is 5.15. The molecule has 0 radical (unpaired) electrons. The zero-order valence-electron chi connectivity index (χ0n) is 27.7. The summed E-state index contributed by atoms with van der Waals surface area (Å²) in [5, 5.41) is 4.87. The van der Waals surface area contributed by atoms with Crippen molar-refractivity contribution in [2.45, 2.75) is 6.42 Å². The van der Waals surface area contributed by atoms with E-state index in [-0.39, 0.29) is 0 Å². The number of hydrogen-bond acceptors (Lipinski definition) is 2. The molecule has 4 heteroatoms. The zero-order chi connectivity index (χ0) is 33.5. The van der Waals surface area contributed by atoms with E-state index in [2.05, 4.69) is 173 Å². The quantitative estimate of drug-likeness (QED) is 0.190. The molecule has 4 nitrogen and oxygen atoms in total. The number of rotatable bonds is 4. The molecule has 0 amide bonds. The third-order valence-corrected chi connectivity index (χ3v) is 10.6. The minimum absolute atomic E-state index is 0.714. The normalized spacial score (nSPS) is 12.2. The first-order valence-corrected chi connectivity index (χ1v) is 17.5. The van der Waals surface area contributed by atoms with Crippen LogP contribution in [-0.2, 0) is 6.42 Å². The van der Waals surface area contributed by atoms with E-state index in [0.29, 0.717) is 5.95 Å². The fourth-order valence-electron chi connectivity index (χ4n) is 8.22. The van der Waals surface area contributed by atoms with Crippen LogP contribution in [0.3, 0.4) is 0 Å². The summed E-state index contributed by atoms with van der Waals surface area (Å²) < 4.78 is 4.60. The van der Waals surface area contributed by atoms with Crippen LogP contribution in [0.5, 0.6) is 0 Å². The maximum Gasteiger partial charge on any atom is 0.234 e. The Hall–Kier alpha value is -6.78. The van der Waals surface area contributed by atoms with Crippen LogP contribution in [0.4, 0.5) is 0 Å². The topological polar surface area (TPSA) is 35.6 Å². The fourth-order valence-corrected chi connectivity index (χ4v) is 8.22. The average Bonchev–Trinajstić information content (AvgIpc) is 3.85. The average molecular weight is 651 g/mol.